The number of hydrogen-bond donors (Lipinski definition) is 1. The monoisotopic (exact) mass is 696 g/mol. The van der Waals surface area contributed by atoms with Crippen LogP contribution in [0.1, 0.15) is 71.4 Å². The molecule has 2 rings (SSSR count). The Bertz CT molecular complexity index is 1500. The molecule has 0 saturated carbocycles. The van der Waals surface area contributed by atoms with Crippen molar-refractivity contribution in [2.45, 2.75) is 79.5 Å². The number of rotatable bonds is 16. The van der Waals surface area contributed by atoms with Crippen molar-refractivity contribution < 1.29 is 64.6 Å². The Hall–Kier alpha value is -3.58. The number of esters is 4. The molecule has 252 valence electrons. The number of carbonyl (C=O) groups is 6. The van der Waals surface area contributed by atoms with Gasteiger partial charge >= 0.3 is 23.9 Å². The van der Waals surface area contributed by atoms with Crippen molar-refractivity contribution in [3.8, 4) is 0 Å². The highest BCUT2D eigenvalue weighted by molar-refractivity contribution is 7.95. The van der Waals surface area contributed by atoms with Crippen LogP contribution in [0.5, 0.6) is 0 Å². The number of ether oxygens (including phenoxy) is 4. The zero-order valence-corrected chi connectivity index (χ0v) is 27.6. The molecule has 1 N–H and O–H groups in total. The largest absolute Gasteiger partial charge is 0.463 e. The zero-order valence-electron chi connectivity index (χ0n) is 25.2. The van der Waals surface area contributed by atoms with E-state index < -0.39 is 78.4 Å². The molecule has 1 aliphatic heterocycles. The second kappa shape index (κ2) is 16.6. The SMILES string of the molecule is CCN(C(=O)CCCOC(=O)COC(C)=O)[C@H]1C[C@H](C)S(=O)(=O)c2sc(S(=O)(=O)NC(=O)CCCOC(=O)COC(C)=O)cc21. The van der Waals surface area contributed by atoms with Crippen molar-refractivity contribution in [2.24, 2.45) is 0 Å². The fourth-order valence-corrected chi connectivity index (χ4v) is 9.19. The van der Waals surface area contributed by atoms with E-state index in [2.05, 4.69) is 9.47 Å². The number of thiophene rings is 1. The van der Waals surface area contributed by atoms with Gasteiger partial charge in [-0.2, -0.15) is 0 Å². The highest BCUT2D eigenvalue weighted by Gasteiger charge is 2.42. The number of hydrogen-bond acceptors (Lipinski definition) is 15. The molecular weight excluding hydrogens is 660 g/mol. The molecule has 45 heavy (non-hydrogen) atoms. The fraction of sp³-hybridized carbons (Fsp3) is 0.615. The van der Waals surface area contributed by atoms with Gasteiger partial charge in [-0.05, 0) is 39.2 Å². The van der Waals surface area contributed by atoms with E-state index in [-0.39, 0.29) is 67.5 Å². The number of sulfonamides is 1. The number of sulfone groups is 1. The molecule has 0 bridgehead atoms. The lowest BCUT2D eigenvalue weighted by molar-refractivity contribution is -0.157. The zero-order chi connectivity index (χ0) is 33.9. The average molecular weight is 697 g/mol. The molecule has 1 aromatic heterocycles. The molecule has 1 aliphatic rings. The summed E-state index contributed by atoms with van der Waals surface area (Å²) in [5, 5.41) is -0.938. The van der Waals surface area contributed by atoms with Crippen LogP contribution in [0.15, 0.2) is 14.5 Å². The van der Waals surface area contributed by atoms with Gasteiger partial charge in [0.2, 0.25) is 11.8 Å². The van der Waals surface area contributed by atoms with Crippen LogP contribution in [0.25, 0.3) is 0 Å². The second-order valence-corrected chi connectivity index (χ2v) is 15.4. The van der Waals surface area contributed by atoms with Crippen molar-refractivity contribution in [3.05, 3.63) is 11.6 Å². The van der Waals surface area contributed by atoms with Crippen LogP contribution < -0.4 is 4.72 Å². The van der Waals surface area contributed by atoms with Gasteiger partial charge < -0.3 is 23.8 Å². The lowest BCUT2D eigenvalue weighted by Gasteiger charge is -2.36. The summed E-state index contributed by atoms with van der Waals surface area (Å²) in [6, 6.07) is 0.368. The van der Waals surface area contributed by atoms with Crippen molar-refractivity contribution in [3.63, 3.8) is 0 Å². The van der Waals surface area contributed by atoms with Gasteiger partial charge in [0.25, 0.3) is 10.0 Å². The molecule has 0 fully saturated rings. The summed E-state index contributed by atoms with van der Waals surface area (Å²) < 4.78 is 72.3. The summed E-state index contributed by atoms with van der Waals surface area (Å²) in [6.45, 7) is 4.04. The molecule has 16 nitrogen and oxygen atoms in total. The molecule has 2 heterocycles. The molecule has 0 spiro atoms. The molecule has 0 radical (unpaired) electrons. The predicted molar refractivity (Wildman–Crippen MR) is 155 cm³/mol. The number of amides is 2. The fourth-order valence-electron chi connectivity index (χ4n) is 4.20. The van der Waals surface area contributed by atoms with Gasteiger partial charge in [-0.15, -0.1) is 11.3 Å². The normalized spacial score (nSPS) is 16.9. The van der Waals surface area contributed by atoms with Crippen molar-refractivity contribution in [2.75, 3.05) is 33.0 Å². The van der Waals surface area contributed by atoms with Crippen LogP contribution in [0.4, 0.5) is 0 Å². The van der Waals surface area contributed by atoms with E-state index >= 15 is 0 Å². The maximum atomic E-state index is 13.2. The summed E-state index contributed by atoms with van der Waals surface area (Å²) in [6.07, 6.45) is -0.312. The van der Waals surface area contributed by atoms with Gasteiger partial charge in [-0.1, -0.05) is 0 Å². The van der Waals surface area contributed by atoms with Crippen molar-refractivity contribution in [1.82, 2.24) is 9.62 Å². The van der Waals surface area contributed by atoms with E-state index in [1.807, 2.05) is 4.72 Å². The lowest BCUT2D eigenvalue weighted by atomic mass is 10.0. The van der Waals surface area contributed by atoms with Gasteiger partial charge in [-0.3, -0.25) is 19.2 Å². The summed E-state index contributed by atoms with van der Waals surface area (Å²) in [4.78, 5) is 71.4. The minimum atomic E-state index is -4.50. The van der Waals surface area contributed by atoms with Gasteiger partial charge in [0.1, 0.15) is 8.42 Å². The average Bonchev–Trinajstić information content (AvgIpc) is 3.42. The van der Waals surface area contributed by atoms with Crippen LogP contribution in [-0.4, -0.2) is 95.6 Å². The molecule has 2 amide bonds. The molecule has 0 aliphatic carbocycles. The lowest BCUT2D eigenvalue weighted by Crippen LogP contribution is -2.40. The first-order valence-electron chi connectivity index (χ1n) is 13.8. The first-order chi connectivity index (χ1) is 21.0. The summed E-state index contributed by atoms with van der Waals surface area (Å²) in [5.41, 5.74) is 0.119. The van der Waals surface area contributed by atoms with Gasteiger partial charge in [0, 0.05) is 38.8 Å². The van der Waals surface area contributed by atoms with Crippen LogP contribution in [0.2, 0.25) is 0 Å². The number of nitrogens with zero attached hydrogens (tertiary/aromatic N) is 1. The maximum Gasteiger partial charge on any atom is 0.344 e. The number of carbonyl (C=O) groups excluding carboxylic acids is 6. The van der Waals surface area contributed by atoms with E-state index in [0.29, 0.717) is 11.3 Å². The first-order valence-corrected chi connectivity index (χ1v) is 17.6. The third kappa shape index (κ3) is 11.1. The van der Waals surface area contributed by atoms with Gasteiger partial charge in [0.15, 0.2) is 23.1 Å². The Morgan fingerprint density at radius 1 is 0.933 bits per heavy atom. The van der Waals surface area contributed by atoms with Crippen LogP contribution in [0.3, 0.4) is 0 Å². The third-order valence-electron chi connectivity index (χ3n) is 6.35. The van der Waals surface area contributed by atoms with E-state index in [1.54, 1.807) is 6.92 Å². The Kier molecular flexibility index (Phi) is 13.9. The molecule has 2 atom stereocenters. The summed E-state index contributed by atoms with van der Waals surface area (Å²) in [5.74, 6) is -4.25. The van der Waals surface area contributed by atoms with Gasteiger partial charge in [-0.25, -0.2) is 31.1 Å². The summed E-state index contributed by atoms with van der Waals surface area (Å²) in [7, 11) is -8.44. The minimum Gasteiger partial charge on any atom is -0.463 e. The standard InChI is InChI=1S/C26H36N2O14S3/c1-5-28(22(32)9-7-11-40-24(34)15-42-18(4)30)20-12-16(2)44(35,36)26-19(20)13-25(43-26)45(37,38)27-21(31)8-6-10-39-23(33)14-41-17(3)29/h13,16,20H,5-12,14-15H2,1-4H3,(H,27,31)/t16-,20-/m0/s1. The highest BCUT2D eigenvalue weighted by atomic mass is 32.3. The van der Waals surface area contributed by atoms with E-state index in [1.165, 1.54) is 11.8 Å². The summed E-state index contributed by atoms with van der Waals surface area (Å²) >= 11 is 0.477. The van der Waals surface area contributed by atoms with Crippen molar-refractivity contribution in [1.29, 1.82) is 0 Å². The quantitative estimate of drug-likeness (QED) is 0.143. The molecule has 1 aromatic rings. The third-order valence-corrected chi connectivity index (χ3v) is 12.1. The first kappa shape index (κ1) is 37.6. The molecule has 0 unspecified atom stereocenters. The minimum absolute atomic E-state index is 0.00500. The Morgan fingerprint density at radius 3 is 1.98 bits per heavy atom. The second-order valence-electron chi connectivity index (χ2n) is 9.83. The van der Waals surface area contributed by atoms with E-state index in [0.717, 1.165) is 19.9 Å². The molecule has 0 saturated heterocycles. The Balaban J connectivity index is 2.09. The van der Waals surface area contributed by atoms with Crippen LogP contribution >= 0.6 is 11.3 Å². The Morgan fingerprint density at radius 2 is 1.47 bits per heavy atom. The topological polar surface area (TPSA) is 223 Å². The number of fused-ring (bicyclic) bond motifs is 1. The molecule has 0 aromatic carbocycles. The maximum absolute atomic E-state index is 13.2. The van der Waals surface area contributed by atoms with Crippen LogP contribution in [-0.2, 0) is 67.6 Å². The van der Waals surface area contributed by atoms with E-state index in [4.69, 9.17) is 9.47 Å². The highest BCUT2D eigenvalue weighted by Crippen LogP contribution is 2.45. The van der Waals surface area contributed by atoms with Gasteiger partial charge in [0.05, 0.1) is 24.5 Å². The number of nitrogens with one attached hydrogen (secondary N) is 1. The van der Waals surface area contributed by atoms with E-state index in [9.17, 15) is 45.6 Å². The predicted octanol–water partition coefficient (Wildman–Crippen LogP) is 0.782. The Labute approximate surface area is 264 Å². The molecule has 19 heteroatoms. The van der Waals surface area contributed by atoms with Crippen molar-refractivity contribution >= 4 is 66.9 Å². The molecular formula is C26H36N2O14S3. The van der Waals surface area contributed by atoms with Crippen LogP contribution in [0, 0.1) is 0 Å². The smallest absolute Gasteiger partial charge is 0.344 e.